The molecule has 1 fully saturated rings. The third-order valence-corrected chi connectivity index (χ3v) is 13.6. The van der Waals surface area contributed by atoms with Crippen molar-refractivity contribution in [2.45, 2.75) is 137 Å². The van der Waals surface area contributed by atoms with E-state index in [1.807, 2.05) is 13.8 Å². The number of carbonyl (C=O) groups is 7. The summed E-state index contributed by atoms with van der Waals surface area (Å²) in [6.07, 6.45) is 1.52. The van der Waals surface area contributed by atoms with E-state index >= 15 is 0 Å². The lowest BCUT2D eigenvalue weighted by Gasteiger charge is -2.34. The molecule has 4 aromatic rings. The maximum absolute atomic E-state index is 13.5. The predicted octanol–water partition coefficient (Wildman–Crippen LogP) is 4.62. The Hall–Kier alpha value is -8.17. The van der Waals surface area contributed by atoms with Crippen molar-refractivity contribution in [3.8, 4) is 5.88 Å². The average molecular weight is 1200 g/mol. The predicted molar refractivity (Wildman–Crippen MR) is 318 cm³/mol. The molecule has 3 heterocycles. The highest BCUT2D eigenvalue weighted by Gasteiger charge is 2.31. The van der Waals surface area contributed by atoms with E-state index in [4.69, 9.17) is 39.9 Å². The number of carboxylic acid groups (broad SMARTS) is 1. The number of nitrogen functional groups attached to an aromatic ring is 1. The molecule has 0 aliphatic carbocycles. The number of aryl methyl sites for hydroxylation is 1. The molecule has 2 aromatic carbocycles. The summed E-state index contributed by atoms with van der Waals surface area (Å²) in [5, 5.41) is 34.3. The number of hydrogen-bond acceptors (Lipinski definition) is 18. The zero-order valence-electron chi connectivity index (χ0n) is 50.2. The molecule has 6 amide bonds. The number of nitrogens with two attached hydrogens (primary N) is 1. The van der Waals surface area contributed by atoms with Crippen LogP contribution < -0.4 is 37.1 Å². The number of amides is 6. The van der Waals surface area contributed by atoms with Crippen molar-refractivity contribution in [3.63, 3.8) is 0 Å². The van der Waals surface area contributed by atoms with Gasteiger partial charge in [0.05, 0.1) is 45.7 Å². The summed E-state index contributed by atoms with van der Waals surface area (Å²) < 4.78 is 29.8. The molecule has 3 atom stereocenters. The first-order valence-electron chi connectivity index (χ1n) is 29.3. The third-order valence-electron chi connectivity index (χ3n) is 13.6. The molecule has 8 N–H and O–H groups in total. The fraction of sp³-hybridized carbons (Fsp3) is 0.586. The summed E-state index contributed by atoms with van der Waals surface area (Å²) in [4.78, 5) is 102. The van der Waals surface area contributed by atoms with Crippen molar-refractivity contribution in [1.82, 2.24) is 50.8 Å². The van der Waals surface area contributed by atoms with Gasteiger partial charge in [-0.3, -0.25) is 33.7 Å². The van der Waals surface area contributed by atoms with E-state index in [9.17, 15) is 38.7 Å². The number of ether oxygens (including phenoxy) is 5. The molecule has 86 heavy (non-hydrogen) atoms. The largest absolute Gasteiger partial charge is 0.481 e. The highest BCUT2D eigenvalue weighted by molar-refractivity contribution is 5.99. The quantitative estimate of drug-likeness (QED) is 0.0139. The molecule has 470 valence electrons. The van der Waals surface area contributed by atoms with Crippen LogP contribution in [0.2, 0.25) is 0 Å². The van der Waals surface area contributed by atoms with Gasteiger partial charge in [-0.05, 0) is 80.3 Å². The van der Waals surface area contributed by atoms with Crippen molar-refractivity contribution >= 4 is 64.1 Å². The number of rotatable bonds is 38. The standard InChI is InChI=1S/C58H85N15O13/c1-7-8-10-46-66-51-52(57(86-39(4)5)69-68-53(51)59)73(46)36-42-15-13-41(14-16-42)35-71-25-27-72(28-26-71)58(81)85-37-43-17-19-44(20-18-43)64-54(78)40(6)63-56(80)50(38(2)3)67-55(79)45(21-22-49(76)77)65-48(75)12-9-11-47(74)61-23-29-82-31-33-84-34-32-83-30-24-62-70-60/h13-20,38-40,45,50H,7-12,21-37H2,1-6H3,(H2,59,68)(H,61,74)(H,63,80)(H,64,78)(H,65,75)(H,67,79)(H,76,77)/t40-,45-,50-/m0/s1. The SMILES string of the molecule is CCCCc1nc2c(N)nnc(OC(C)C)c2n1Cc1ccc(CN2CCN(C(=O)OCc3ccc(NC(=O)[C@H](C)NC(=O)[C@@H](NC(=O)[C@H](CCC(=O)O)NC(=O)CCCC(=O)NCCOCCOCCOCCN=[N+]=[N-])C(C)C)cc3)CC2)cc1. The minimum Gasteiger partial charge on any atom is -0.481 e. The summed E-state index contributed by atoms with van der Waals surface area (Å²) in [6, 6.07) is 11.6. The number of hydrogen-bond donors (Lipinski definition) is 7. The van der Waals surface area contributed by atoms with Crippen LogP contribution >= 0.6 is 0 Å². The molecular weight excluding hydrogens is 1110 g/mol. The van der Waals surface area contributed by atoms with Gasteiger partial charge >= 0.3 is 12.1 Å². The second-order valence-electron chi connectivity index (χ2n) is 21.3. The number of nitrogens with one attached hydrogen (secondary N) is 5. The highest BCUT2D eigenvalue weighted by Crippen LogP contribution is 2.30. The molecule has 2 aromatic heterocycles. The van der Waals surface area contributed by atoms with Crippen LogP contribution in [0, 0.1) is 5.92 Å². The van der Waals surface area contributed by atoms with E-state index in [1.54, 1.807) is 43.0 Å². The molecule has 0 spiro atoms. The molecule has 1 saturated heterocycles. The monoisotopic (exact) mass is 1200 g/mol. The lowest BCUT2D eigenvalue weighted by atomic mass is 10.0. The van der Waals surface area contributed by atoms with Gasteiger partial charge in [0.25, 0.3) is 5.88 Å². The smallest absolute Gasteiger partial charge is 0.410 e. The van der Waals surface area contributed by atoms with Crippen LogP contribution in [0.1, 0.15) is 109 Å². The van der Waals surface area contributed by atoms with E-state index < -0.39 is 66.2 Å². The van der Waals surface area contributed by atoms with Crippen LogP contribution in [0.15, 0.2) is 53.6 Å². The van der Waals surface area contributed by atoms with Gasteiger partial charge in [-0.1, -0.05) is 68.7 Å². The Morgan fingerprint density at radius 1 is 0.744 bits per heavy atom. The molecular formula is C58H85N15O13. The average Bonchev–Trinajstić information content (AvgIpc) is 3.93. The summed E-state index contributed by atoms with van der Waals surface area (Å²) in [5.41, 5.74) is 19.2. The molecule has 0 unspecified atom stereocenters. The van der Waals surface area contributed by atoms with Gasteiger partial charge in [0.2, 0.25) is 29.5 Å². The number of unbranched alkanes of at least 4 members (excludes halogenated alkanes) is 1. The van der Waals surface area contributed by atoms with E-state index in [-0.39, 0.29) is 69.8 Å². The van der Waals surface area contributed by atoms with E-state index in [0.717, 1.165) is 48.3 Å². The first-order chi connectivity index (χ1) is 41.3. The Bertz CT molecular complexity index is 2880. The minimum absolute atomic E-state index is 0.00569. The first kappa shape index (κ1) is 68.6. The lowest BCUT2D eigenvalue weighted by Crippen LogP contribution is -2.57. The normalized spacial score (nSPS) is 13.6. The Balaban J connectivity index is 0.991. The summed E-state index contributed by atoms with van der Waals surface area (Å²) in [5.74, 6) is -3.04. The fourth-order valence-electron chi connectivity index (χ4n) is 8.95. The molecule has 1 aliphatic heterocycles. The first-order valence-corrected chi connectivity index (χ1v) is 29.3. The topological polar surface area (TPSA) is 371 Å². The maximum Gasteiger partial charge on any atom is 0.410 e. The van der Waals surface area contributed by atoms with Gasteiger partial charge in [0.1, 0.15) is 41.6 Å². The van der Waals surface area contributed by atoms with Crippen molar-refractivity contribution in [2.75, 3.05) is 90.0 Å². The minimum atomic E-state index is -1.31. The van der Waals surface area contributed by atoms with Crippen molar-refractivity contribution in [1.29, 1.82) is 0 Å². The molecule has 28 nitrogen and oxygen atoms in total. The van der Waals surface area contributed by atoms with Gasteiger partial charge in [0.15, 0.2) is 5.82 Å². The van der Waals surface area contributed by atoms with Crippen LogP contribution in [-0.2, 0) is 73.8 Å². The summed E-state index contributed by atoms with van der Waals surface area (Å²) in [6.45, 7) is 16.8. The van der Waals surface area contributed by atoms with Crippen LogP contribution in [-0.4, -0.2) is 179 Å². The number of benzene rings is 2. The number of fused-ring (bicyclic) bond motifs is 1. The lowest BCUT2D eigenvalue weighted by molar-refractivity contribution is -0.138. The molecule has 1 aliphatic rings. The number of carbonyl (C=O) groups excluding carboxylic acids is 6. The Morgan fingerprint density at radius 2 is 1.38 bits per heavy atom. The van der Waals surface area contributed by atoms with Crippen LogP contribution in [0.4, 0.5) is 16.3 Å². The van der Waals surface area contributed by atoms with E-state index in [1.165, 1.54) is 6.92 Å². The number of carboxylic acids is 1. The Morgan fingerprint density at radius 3 is 2.02 bits per heavy atom. The summed E-state index contributed by atoms with van der Waals surface area (Å²) in [7, 11) is 0. The van der Waals surface area contributed by atoms with Crippen LogP contribution in [0.5, 0.6) is 5.88 Å². The van der Waals surface area contributed by atoms with Crippen molar-refractivity contribution < 1.29 is 62.4 Å². The molecule has 0 bridgehead atoms. The third kappa shape index (κ3) is 23.7. The van der Waals surface area contributed by atoms with Gasteiger partial charge in [0, 0.05) is 88.6 Å². The van der Waals surface area contributed by atoms with Crippen LogP contribution in [0.25, 0.3) is 21.5 Å². The summed E-state index contributed by atoms with van der Waals surface area (Å²) >= 11 is 0. The molecule has 5 rings (SSSR count). The number of aliphatic carboxylic acids is 1. The van der Waals surface area contributed by atoms with Gasteiger partial charge in [-0.25, -0.2) is 9.78 Å². The maximum atomic E-state index is 13.5. The van der Waals surface area contributed by atoms with Crippen LogP contribution in [0.3, 0.4) is 0 Å². The molecule has 0 saturated carbocycles. The number of nitrogens with zero attached hydrogens (tertiary/aromatic N) is 9. The zero-order valence-corrected chi connectivity index (χ0v) is 50.2. The fourth-order valence-corrected chi connectivity index (χ4v) is 8.95. The van der Waals surface area contributed by atoms with Gasteiger partial charge < -0.3 is 70.6 Å². The number of azide groups is 1. The van der Waals surface area contributed by atoms with Crippen molar-refractivity contribution in [2.24, 2.45) is 11.0 Å². The second-order valence-corrected chi connectivity index (χ2v) is 21.3. The Kier molecular flexibility index (Phi) is 29.2. The molecule has 28 heteroatoms. The molecule has 0 radical (unpaired) electrons. The van der Waals surface area contributed by atoms with Gasteiger partial charge in [-0.15, -0.1) is 10.2 Å². The number of anilines is 2. The number of imidazole rings is 1. The van der Waals surface area contributed by atoms with E-state index in [0.29, 0.717) is 88.4 Å². The number of piperazine rings is 1. The van der Waals surface area contributed by atoms with Crippen molar-refractivity contribution in [3.05, 3.63) is 81.5 Å². The Labute approximate surface area is 500 Å². The zero-order chi connectivity index (χ0) is 62.4. The van der Waals surface area contributed by atoms with E-state index in [2.05, 4.69) is 87.5 Å². The second kappa shape index (κ2) is 36.6. The number of aromatic nitrogens is 4. The highest BCUT2D eigenvalue weighted by atomic mass is 16.6. The van der Waals surface area contributed by atoms with Gasteiger partial charge in [-0.2, -0.15) is 0 Å².